The van der Waals surface area contributed by atoms with Gasteiger partial charge in [-0.25, -0.2) is 0 Å². The molecule has 0 bridgehead atoms. The van der Waals surface area contributed by atoms with E-state index in [2.05, 4.69) is 0 Å². The maximum absolute atomic E-state index is 10.7. The van der Waals surface area contributed by atoms with Crippen molar-refractivity contribution in [2.75, 3.05) is 11.5 Å². The Bertz CT molecular complexity index is 210. The summed E-state index contributed by atoms with van der Waals surface area (Å²) in [7, 11) is -1.44. The van der Waals surface area contributed by atoms with E-state index in [0.717, 1.165) is 0 Å². The van der Waals surface area contributed by atoms with Gasteiger partial charge in [-0.1, -0.05) is 0 Å². The molecule has 0 aromatic heterocycles. The highest BCUT2D eigenvalue weighted by molar-refractivity contribution is 7.85. The average molecular weight is 176 g/mol. The molecule has 0 rings (SSSR count). The normalized spacial score (nSPS) is 14.9. The highest BCUT2D eigenvalue weighted by Gasteiger charge is 2.14. The number of nitrogens with two attached hydrogens (primary N) is 1. The highest BCUT2D eigenvalue weighted by Crippen LogP contribution is 1.86. The van der Waals surface area contributed by atoms with Crippen molar-refractivity contribution in [1.29, 1.82) is 5.26 Å². The maximum Gasteiger partial charge on any atom is 0.321 e. The number of carboxylic acids is 1. The molecule has 0 amide bonds. The first-order valence-corrected chi connectivity index (χ1v) is 4.27. The third-order valence-corrected chi connectivity index (χ3v) is 2.09. The number of nitriles is 1. The van der Waals surface area contributed by atoms with E-state index in [1.165, 1.54) is 0 Å². The standard InChI is InChI=1S/C5H8N2O3S/c6-1-2-11(10)3-4(7)5(8)9/h4H,2-3,7H2,(H,8,9)/t4-,11?/m1/s1. The molecule has 5 nitrogen and oxygen atoms in total. The minimum atomic E-state index is -1.44. The lowest BCUT2D eigenvalue weighted by Gasteiger charge is -2.02. The number of aliphatic carboxylic acids is 1. The van der Waals surface area contributed by atoms with E-state index in [9.17, 15) is 9.00 Å². The summed E-state index contributed by atoms with van der Waals surface area (Å²) < 4.78 is 10.7. The third-order valence-electron chi connectivity index (χ3n) is 0.908. The van der Waals surface area contributed by atoms with E-state index in [4.69, 9.17) is 16.1 Å². The topological polar surface area (TPSA) is 104 Å². The molecule has 0 saturated carbocycles. The third kappa shape index (κ3) is 4.47. The van der Waals surface area contributed by atoms with Crippen molar-refractivity contribution < 1.29 is 14.1 Å². The van der Waals surface area contributed by atoms with Gasteiger partial charge in [-0.2, -0.15) is 5.26 Å². The summed E-state index contributed by atoms with van der Waals surface area (Å²) in [6, 6.07) is 0.528. The largest absolute Gasteiger partial charge is 0.480 e. The minimum absolute atomic E-state index is 0.164. The molecule has 2 atom stereocenters. The summed E-state index contributed by atoms with van der Waals surface area (Å²) in [5.41, 5.74) is 5.05. The molecule has 0 spiro atoms. The number of hydrogen-bond acceptors (Lipinski definition) is 4. The molecule has 11 heavy (non-hydrogen) atoms. The molecule has 0 fully saturated rings. The summed E-state index contributed by atoms with van der Waals surface area (Å²) in [4.78, 5) is 10.1. The Morgan fingerprint density at radius 1 is 1.82 bits per heavy atom. The summed E-state index contributed by atoms with van der Waals surface area (Å²) >= 11 is 0. The molecule has 0 aliphatic carbocycles. The van der Waals surface area contributed by atoms with Crippen molar-refractivity contribution in [3.63, 3.8) is 0 Å². The number of hydrogen-bond donors (Lipinski definition) is 2. The lowest BCUT2D eigenvalue weighted by Crippen LogP contribution is -2.35. The zero-order valence-corrected chi connectivity index (χ0v) is 6.50. The molecule has 62 valence electrons. The van der Waals surface area contributed by atoms with Crippen LogP contribution in [0.1, 0.15) is 0 Å². The van der Waals surface area contributed by atoms with Crippen LogP contribution in [0.3, 0.4) is 0 Å². The number of carbonyl (C=O) groups is 1. The van der Waals surface area contributed by atoms with E-state index in [1.54, 1.807) is 6.07 Å². The predicted molar refractivity (Wildman–Crippen MR) is 39.1 cm³/mol. The molecule has 0 saturated heterocycles. The summed E-state index contributed by atoms with van der Waals surface area (Å²) in [5.74, 6) is -1.53. The summed E-state index contributed by atoms with van der Waals surface area (Å²) in [6.45, 7) is 0. The van der Waals surface area contributed by atoms with Gasteiger partial charge < -0.3 is 10.8 Å². The van der Waals surface area contributed by atoms with Gasteiger partial charge in [-0.05, 0) is 0 Å². The molecule has 0 aromatic rings. The maximum atomic E-state index is 10.7. The zero-order chi connectivity index (χ0) is 8.85. The molecule has 0 aromatic carbocycles. The van der Waals surface area contributed by atoms with Gasteiger partial charge in [0.25, 0.3) is 0 Å². The zero-order valence-electron chi connectivity index (χ0n) is 5.69. The second-order valence-corrected chi connectivity index (χ2v) is 3.36. The predicted octanol–water partition coefficient (Wildman–Crippen LogP) is -1.33. The van der Waals surface area contributed by atoms with Crippen LogP contribution in [-0.4, -0.2) is 32.8 Å². The van der Waals surface area contributed by atoms with Crippen molar-refractivity contribution >= 4 is 16.8 Å². The van der Waals surface area contributed by atoms with Crippen LogP contribution in [0.5, 0.6) is 0 Å². The van der Waals surface area contributed by atoms with Crippen LogP contribution in [0.25, 0.3) is 0 Å². The van der Waals surface area contributed by atoms with Crippen LogP contribution < -0.4 is 5.73 Å². The van der Waals surface area contributed by atoms with Crippen molar-refractivity contribution in [2.45, 2.75) is 6.04 Å². The van der Waals surface area contributed by atoms with Crippen LogP contribution in [-0.2, 0) is 15.6 Å². The molecular weight excluding hydrogens is 168 g/mol. The highest BCUT2D eigenvalue weighted by atomic mass is 32.2. The minimum Gasteiger partial charge on any atom is -0.480 e. The lowest BCUT2D eigenvalue weighted by molar-refractivity contribution is -0.137. The fourth-order valence-electron chi connectivity index (χ4n) is 0.402. The summed E-state index contributed by atoms with van der Waals surface area (Å²) in [5, 5.41) is 16.3. The number of rotatable bonds is 4. The van der Waals surface area contributed by atoms with Crippen LogP contribution >= 0.6 is 0 Å². The summed E-state index contributed by atoms with van der Waals surface area (Å²) in [6.07, 6.45) is 0. The SMILES string of the molecule is N#CCS(=O)C[C@@H](N)C(=O)O. The number of carboxylic acid groups (broad SMARTS) is 1. The Labute approximate surface area is 66.3 Å². The molecule has 1 unspecified atom stereocenters. The molecule has 0 aliphatic rings. The number of nitrogens with zero attached hydrogens (tertiary/aromatic N) is 1. The molecule has 6 heteroatoms. The quantitative estimate of drug-likeness (QED) is 0.552. The van der Waals surface area contributed by atoms with Crippen LogP contribution in [0.4, 0.5) is 0 Å². The fourth-order valence-corrected chi connectivity index (χ4v) is 1.21. The van der Waals surface area contributed by atoms with Crippen molar-refractivity contribution in [3.8, 4) is 6.07 Å². The molecule has 0 radical (unpaired) electrons. The Balaban J connectivity index is 3.77. The fraction of sp³-hybridized carbons (Fsp3) is 0.600. The first-order chi connectivity index (χ1) is 5.07. The van der Waals surface area contributed by atoms with Gasteiger partial charge in [0.05, 0.1) is 11.8 Å². The van der Waals surface area contributed by atoms with Crippen LogP contribution in [0, 0.1) is 11.3 Å². The van der Waals surface area contributed by atoms with Crippen molar-refractivity contribution in [1.82, 2.24) is 0 Å². The first-order valence-electron chi connectivity index (χ1n) is 2.78. The van der Waals surface area contributed by atoms with E-state index >= 15 is 0 Å². The molecule has 0 heterocycles. The van der Waals surface area contributed by atoms with Gasteiger partial charge in [0.15, 0.2) is 0 Å². The van der Waals surface area contributed by atoms with E-state index in [1.807, 2.05) is 0 Å². The molecular formula is C5H8N2O3S. The van der Waals surface area contributed by atoms with Gasteiger partial charge in [0.2, 0.25) is 0 Å². The van der Waals surface area contributed by atoms with Gasteiger partial charge in [-0.15, -0.1) is 0 Å². The first kappa shape index (κ1) is 10.1. The second-order valence-electron chi connectivity index (χ2n) is 1.85. The lowest BCUT2D eigenvalue weighted by atomic mass is 10.4. The van der Waals surface area contributed by atoms with E-state index in [0.29, 0.717) is 0 Å². The van der Waals surface area contributed by atoms with Gasteiger partial charge in [0.1, 0.15) is 11.8 Å². The van der Waals surface area contributed by atoms with Crippen LogP contribution in [0.15, 0.2) is 0 Å². The average Bonchev–Trinajstić information content (AvgIpc) is 1.87. The van der Waals surface area contributed by atoms with Crippen molar-refractivity contribution in [3.05, 3.63) is 0 Å². The second kappa shape index (κ2) is 4.82. The van der Waals surface area contributed by atoms with E-state index in [-0.39, 0.29) is 11.5 Å². The van der Waals surface area contributed by atoms with Gasteiger partial charge in [-0.3, -0.25) is 9.00 Å². The molecule has 0 aliphatic heterocycles. The molecule has 3 N–H and O–H groups in total. The van der Waals surface area contributed by atoms with E-state index < -0.39 is 22.8 Å². The Kier molecular flexibility index (Phi) is 4.41. The monoisotopic (exact) mass is 176 g/mol. The van der Waals surface area contributed by atoms with Crippen molar-refractivity contribution in [2.24, 2.45) is 5.73 Å². The Morgan fingerprint density at radius 3 is 2.73 bits per heavy atom. The van der Waals surface area contributed by atoms with Gasteiger partial charge >= 0.3 is 5.97 Å². The Hall–Kier alpha value is -0.930. The smallest absolute Gasteiger partial charge is 0.321 e. The van der Waals surface area contributed by atoms with Gasteiger partial charge in [0, 0.05) is 10.8 Å². The van der Waals surface area contributed by atoms with Crippen LogP contribution in [0.2, 0.25) is 0 Å². The Morgan fingerprint density at radius 2 is 2.36 bits per heavy atom.